The third kappa shape index (κ3) is 4.51. The van der Waals surface area contributed by atoms with Crippen LogP contribution in [0.5, 0.6) is 0 Å². The van der Waals surface area contributed by atoms with E-state index in [1.807, 2.05) is 26.1 Å². The van der Waals surface area contributed by atoms with Gasteiger partial charge in [-0.25, -0.2) is 13.1 Å². The zero-order valence-corrected chi connectivity index (χ0v) is 13.5. The lowest BCUT2D eigenvalue weighted by Crippen LogP contribution is -2.46. The molecule has 5 nitrogen and oxygen atoms in total. The SMILES string of the molecule is CNCCCc1ccc(S(=O)(=O)NC2(C)CCOC2)cc1. The second-order valence-electron chi connectivity index (χ2n) is 5.82. The molecule has 0 amide bonds. The van der Waals surface area contributed by atoms with Crippen molar-refractivity contribution in [2.75, 3.05) is 26.8 Å². The molecule has 0 aromatic heterocycles. The number of hydrogen-bond donors (Lipinski definition) is 2. The molecule has 21 heavy (non-hydrogen) atoms. The van der Waals surface area contributed by atoms with Crippen molar-refractivity contribution in [3.8, 4) is 0 Å². The molecule has 0 saturated carbocycles. The maximum atomic E-state index is 12.4. The zero-order chi connectivity index (χ0) is 15.3. The van der Waals surface area contributed by atoms with Gasteiger partial charge in [-0.1, -0.05) is 12.1 Å². The van der Waals surface area contributed by atoms with Crippen molar-refractivity contribution in [1.29, 1.82) is 0 Å². The van der Waals surface area contributed by atoms with Gasteiger partial charge in [0.05, 0.1) is 17.0 Å². The predicted octanol–water partition coefficient (Wildman–Crippen LogP) is 1.30. The van der Waals surface area contributed by atoms with Crippen LogP contribution in [0.2, 0.25) is 0 Å². The molecule has 1 aromatic rings. The molecule has 1 aliphatic heterocycles. The van der Waals surface area contributed by atoms with Crippen molar-refractivity contribution >= 4 is 10.0 Å². The molecule has 118 valence electrons. The molecule has 0 spiro atoms. The fourth-order valence-corrected chi connectivity index (χ4v) is 3.86. The van der Waals surface area contributed by atoms with Crippen LogP contribution in [0.3, 0.4) is 0 Å². The number of benzene rings is 1. The molecule has 1 atom stereocenters. The summed E-state index contributed by atoms with van der Waals surface area (Å²) in [5.41, 5.74) is 0.657. The van der Waals surface area contributed by atoms with Gasteiger partial charge in [-0.15, -0.1) is 0 Å². The Hall–Kier alpha value is -0.950. The van der Waals surface area contributed by atoms with Crippen molar-refractivity contribution in [3.05, 3.63) is 29.8 Å². The molecule has 1 saturated heterocycles. The monoisotopic (exact) mass is 312 g/mol. The van der Waals surface area contributed by atoms with Gasteiger partial charge in [-0.2, -0.15) is 0 Å². The third-order valence-electron chi connectivity index (χ3n) is 3.73. The van der Waals surface area contributed by atoms with E-state index in [4.69, 9.17) is 4.74 Å². The van der Waals surface area contributed by atoms with Crippen molar-refractivity contribution in [2.45, 2.75) is 36.6 Å². The molecule has 2 rings (SSSR count). The molecule has 1 unspecified atom stereocenters. The van der Waals surface area contributed by atoms with E-state index in [2.05, 4.69) is 10.0 Å². The van der Waals surface area contributed by atoms with Crippen LogP contribution in [0, 0.1) is 0 Å². The molecule has 1 aromatic carbocycles. The average Bonchev–Trinajstić information content (AvgIpc) is 2.85. The van der Waals surface area contributed by atoms with Gasteiger partial charge in [-0.3, -0.25) is 0 Å². The highest BCUT2D eigenvalue weighted by molar-refractivity contribution is 7.89. The van der Waals surface area contributed by atoms with Gasteiger partial charge >= 0.3 is 0 Å². The topological polar surface area (TPSA) is 67.4 Å². The summed E-state index contributed by atoms with van der Waals surface area (Å²) in [6.07, 6.45) is 2.69. The summed E-state index contributed by atoms with van der Waals surface area (Å²) in [5, 5.41) is 3.10. The zero-order valence-electron chi connectivity index (χ0n) is 12.7. The number of aryl methyl sites for hydroxylation is 1. The van der Waals surface area contributed by atoms with Gasteiger partial charge < -0.3 is 10.1 Å². The molecular formula is C15H24N2O3S. The van der Waals surface area contributed by atoms with Gasteiger partial charge in [-0.05, 0) is 57.5 Å². The first-order valence-electron chi connectivity index (χ1n) is 7.30. The van der Waals surface area contributed by atoms with Gasteiger partial charge in [0, 0.05) is 6.61 Å². The Bertz CT molecular complexity index is 549. The fraction of sp³-hybridized carbons (Fsp3) is 0.600. The summed E-state index contributed by atoms with van der Waals surface area (Å²) in [7, 11) is -1.56. The quantitative estimate of drug-likeness (QED) is 0.745. The van der Waals surface area contributed by atoms with Crippen LogP contribution in [-0.2, 0) is 21.2 Å². The van der Waals surface area contributed by atoms with Crippen LogP contribution in [-0.4, -0.2) is 40.8 Å². The first kappa shape index (κ1) is 16.4. The summed E-state index contributed by atoms with van der Waals surface area (Å²) in [6.45, 7) is 3.86. The molecule has 1 heterocycles. The van der Waals surface area contributed by atoms with Crippen LogP contribution < -0.4 is 10.0 Å². The first-order chi connectivity index (χ1) is 9.95. The lowest BCUT2D eigenvalue weighted by molar-refractivity contribution is 0.178. The second kappa shape index (κ2) is 6.87. The van der Waals surface area contributed by atoms with E-state index in [-0.39, 0.29) is 0 Å². The van der Waals surface area contributed by atoms with E-state index in [0.717, 1.165) is 24.9 Å². The highest BCUT2D eigenvalue weighted by Gasteiger charge is 2.34. The van der Waals surface area contributed by atoms with Gasteiger partial charge in [0.25, 0.3) is 0 Å². The van der Waals surface area contributed by atoms with Gasteiger partial charge in [0.2, 0.25) is 10.0 Å². The number of nitrogens with one attached hydrogen (secondary N) is 2. The average molecular weight is 312 g/mol. The summed E-state index contributed by atoms with van der Waals surface area (Å²) in [6, 6.07) is 7.13. The Balaban J connectivity index is 2.03. The van der Waals surface area contributed by atoms with Crippen LogP contribution >= 0.6 is 0 Å². The third-order valence-corrected chi connectivity index (χ3v) is 5.38. The minimum absolute atomic E-state index is 0.313. The van der Waals surface area contributed by atoms with E-state index < -0.39 is 15.6 Å². The second-order valence-corrected chi connectivity index (χ2v) is 7.50. The molecule has 0 radical (unpaired) electrons. The molecular weight excluding hydrogens is 288 g/mol. The summed E-state index contributed by atoms with van der Waals surface area (Å²) in [5.74, 6) is 0. The Kier molecular flexibility index (Phi) is 5.37. The van der Waals surface area contributed by atoms with E-state index in [0.29, 0.717) is 24.5 Å². The van der Waals surface area contributed by atoms with Gasteiger partial charge in [0.1, 0.15) is 0 Å². The van der Waals surface area contributed by atoms with Crippen LogP contribution in [0.25, 0.3) is 0 Å². The summed E-state index contributed by atoms with van der Waals surface area (Å²) >= 11 is 0. The highest BCUT2D eigenvalue weighted by Crippen LogP contribution is 2.21. The fourth-order valence-electron chi connectivity index (χ4n) is 2.44. The standard InChI is InChI=1S/C15H24N2O3S/c1-15(9-11-20-12-15)17-21(18,19)14-7-5-13(6-8-14)4-3-10-16-2/h5-8,16-17H,3-4,9-12H2,1-2H3. The Morgan fingerprint density at radius 2 is 2.00 bits per heavy atom. The van der Waals surface area contributed by atoms with E-state index >= 15 is 0 Å². The van der Waals surface area contributed by atoms with Crippen molar-refractivity contribution in [2.24, 2.45) is 0 Å². The van der Waals surface area contributed by atoms with Crippen molar-refractivity contribution < 1.29 is 13.2 Å². The predicted molar refractivity (Wildman–Crippen MR) is 82.9 cm³/mol. The molecule has 0 bridgehead atoms. The number of sulfonamides is 1. The van der Waals surface area contributed by atoms with Crippen LogP contribution in [0.4, 0.5) is 0 Å². The van der Waals surface area contributed by atoms with E-state index in [1.54, 1.807) is 12.1 Å². The number of rotatable bonds is 7. The van der Waals surface area contributed by atoms with Crippen LogP contribution in [0.15, 0.2) is 29.2 Å². The Morgan fingerprint density at radius 3 is 2.57 bits per heavy atom. The Morgan fingerprint density at radius 1 is 1.29 bits per heavy atom. The lowest BCUT2D eigenvalue weighted by atomic mass is 10.0. The van der Waals surface area contributed by atoms with Crippen molar-refractivity contribution in [3.63, 3.8) is 0 Å². The first-order valence-corrected chi connectivity index (χ1v) is 8.79. The van der Waals surface area contributed by atoms with Gasteiger partial charge in [0.15, 0.2) is 0 Å². The molecule has 2 N–H and O–H groups in total. The number of ether oxygens (including phenoxy) is 1. The maximum absolute atomic E-state index is 12.4. The minimum atomic E-state index is -3.49. The molecule has 6 heteroatoms. The number of hydrogen-bond acceptors (Lipinski definition) is 4. The van der Waals surface area contributed by atoms with Crippen molar-refractivity contribution in [1.82, 2.24) is 10.0 Å². The van der Waals surface area contributed by atoms with E-state index in [9.17, 15) is 8.42 Å². The molecule has 0 aliphatic carbocycles. The highest BCUT2D eigenvalue weighted by atomic mass is 32.2. The lowest BCUT2D eigenvalue weighted by Gasteiger charge is -2.23. The molecule has 1 aliphatic rings. The molecule has 1 fully saturated rings. The van der Waals surface area contributed by atoms with E-state index in [1.165, 1.54) is 0 Å². The largest absolute Gasteiger partial charge is 0.379 e. The summed E-state index contributed by atoms with van der Waals surface area (Å²) < 4.78 is 32.8. The normalized spacial score (nSPS) is 22.6. The Labute approximate surface area is 127 Å². The smallest absolute Gasteiger partial charge is 0.241 e. The summed E-state index contributed by atoms with van der Waals surface area (Å²) in [4.78, 5) is 0.313. The minimum Gasteiger partial charge on any atom is -0.379 e. The van der Waals surface area contributed by atoms with Crippen LogP contribution in [0.1, 0.15) is 25.3 Å². The maximum Gasteiger partial charge on any atom is 0.241 e.